The first-order valence-electron chi connectivity index (χ1n) is 6.50. The first-order chi connectivity index (χ1) is 8.79. The highest BCUT2D eigenvalue weighted by atomic mass is 16.5. The molecule has 0 unspecified atom stereocenters. The number of hydrogen-bond donors (Lipinski definition) is 2. The highest BCUT2D eigenvalue weighted by molar-refractivity contribution is 5.75. The fraction of sp³-hybridized carbons (Fsp3) is 0.500. The quantitative estimate of drug-likeness (QED) is 0.783. The molecule has 1 aliphatic heterocycles. The summed E-state index contributed by atoms with van der Waals surface area (Å²) in [7, 11) is 1.65. The van der Waals surface area contributed by atoms with Crippen molar-refractivity contribution >= 4 is 11.6 Å². The third-order valence-electron chi connectivity index (χ3n) is 3.12. The van der Waals surface area contributed by atoms with E-state index in [2.05, 4.69) is 16.7 Å². The van der Waals surface area contributed by atoms with Gasteiger partial charge in [0, 0.05) is 31.8 Å². The van der Waals surface area contributed by atoms with E-state index in [1.54, 1.807) is 7.05 Å². The normalized spacial score (nSPS) is 13.4. The second kappa shape index (κ2) is 6.28. The molecule has 1 amide bonds. The molecule has 1 aromatic carbocycles. The van der Waals surface area contributed by atoms with Crippen molar-refractivity contribution in [3.63, 3.8) is 0 Å². The first kappa shape index (κ1) is 12.7. The van der Waals surface area contributed by atoms with E-state index >= 15 is 0 Å². The van der Waals surface area contributed by atoms with Crippen LogP contribution in [0.2, 0.25) is 0 Å². The summed E-state index contributed by atoms with van der Waals surface area (Å²) in [5.74, 6) is 0.936. The van der Waals surface area contributed by atoms with Gasteiger partial charge in [-0.15, -0.1) is 0 Å². The van der Waals surface area contributed by atoms with E-state index in [-0.39, 0.29) is 5.91 Å². The molecule has 4 heteroatoms. The molecule has 4 nitrogen and oxygen atoms in total. The maximum Gasteiger partial charge on any atom is 0.219 e. The van der Waals surface area contributed by atoms with E-state index in [0.717, 1.165) is 25.1 Å². The monoisotopic (exact) mass is 248 g/mol. The van der Waals surface area contributed by atoms with Gasteiger partial charge < -0.3 is 15.4 Å². The highest BCUT2D eigenvalue weighted by Crippen LogP contribution is 2.26. The lowest BCUT2D eigenvalue weighted by atomic mass is 10.0. The fourth-order valence-corrected chi connectivity index (χ4v) is 2.08. The molecule has 0 radical (unpaired) electrons. The van der Waals surface area contributed by atoms with Crippen LogP contribution in [0.1, 0.15) is 24.8 Å². The Balaban J connectivity index is 1.81. The van der Waals surface area contributed by atoms with E-state index in [1.807, 2.05) is 12.1 Å². The average Bonchev–Trinajstić information content (AvgIpc) is 2.43. The van der Waals surface area contributed by atoms with Crippen LogP contribution in [0.3, 0.4) is 0 Å². The molecule has 1 aliphatic rings. The summed E-state index contributed by atoms with van der Waals surface area (Å²) in [6.07, 6.45) is 3.59. The van der Waals surface area contributed by atoms with Gasteiger partial charge in [0.15, 0.2) is 0 Å². The van der Waals surface area contributed by atoms with Crippen molar-refractivity contribution in [2.75, 3.05) is 25.5 Å². The Kier molecular flexibility index (Phi) is 4.45. The number of fused-ring (bicyclic) bond motifs is 1. The van der Waals surface area contributed by atoms with Crippen LogP contribution in [-0.4, -0.2) is 26.1 Å². The second-order valence-electron chi connectivity index (χ2n) is 4.47. The molecule has 0 atom stereocenters. The Morgan fingerprint density at radius 3 is 3.22 bits per heavy atom. The zero-order chi connectivity index (χ0) is 12.8. The van der Waals surface area contributed by atoms with Crippen LogP contribution in [0.25, 0.3) is 0 Å². The lowest BCUT2D eigenvalue weighted by Gasteiger charge is -2.18. The summed E-state index contributed by atoms with van der Waals surface area (Å²) in [5.41, 5.74) is 2.55. The maximum absolute atomic E-state index is 11.0. The second-order valence-corrected chi connectivity index (χ2v) is 4.47. The molecule has 0 aliphatic carbocycles. The van der Waals surface area contributed by atoms with Crippen molar-refractivity contribution in [2.24, 2.45) is 0 Å². The number of benzene rings is 1. The van der Waals surface area contributed by atoms with E-state index in [1.165, 1.54) is 17.7 Å². The third-order valence-corrected chi connectivity index (χ3v) is 3.12. The minimum absolute atomic E-state index is 0.0608. The molecule has 98 valence electrons. The van der Waals surface area contributed by atoms with Gasteiger partial charge in [0.1, 0.15) is 5.75 Å². The number of rotatable bonds is 5. The lowest BCUT2D eigenvalue weighted by Crippen LogP contribution is -2.18. The first-order valence-corrected chi connectivity index (χ1v) is 6.50. The highest BCUT2D eigenvalue weighted by Gasteiger charge is 2.09. The minimum atomic E-state index is 0.0608. The topological polar surface area (TPSA) is 50.4 Å². The zero-order valence-electron chi connectivity index (χ0n) is 10.8. The van der Waals surface area contributed by atoms with Crippen LogP contribution in [0.15, 0.2) is 18.2 Å². The molecule has 0 fully saturated rings. The number of ether oxygens (including phenoxy) is 1. The maximum atomic E-state index is 11.0. The van der Waals surface area contributed by atoms with Crippen molar-refractivity contribution in [2.45, 2.75) is 25.7 Å². The van der Waals surface area contributed by atoms with Gasteiger partial charge in [0.25, 0.3) is 0 Å². The largest absolute Gasteiger partial charge is 0.494 e. The summed E-state index contributed by atoms with van der Waals surface area (Å²) in [6, 6.07) is 6.18. The van der Waals surface area contributed by atoms with E-state index in [9.17, 15) is 4.79 Å². The summed E-state index contributed by atoms with van der Waals surface area (Å²) >= 11 is 0. The van der Waals surface area contributed by atoms with Crippen LogP contribution in [-0.2, 0) is 11.2 Å². The van der Waals surface area contributed by atoms with Crippen LogP contribution < -0.4 is 15.4 Å². The molecule has 18 heavy (non-hydrogen) atoms. The van der Waals surface area contributed by atoms with Gasteiger partial charge in [-0.25, -0.2) is 0 Å². The summed E-state index contributed by atoms with van der Waals surface area (Å²) in [5, 5.41) is 5.98. The van der Waals surface area contributed by atoms with E-state index in [0.29, 0.717) is 13.0 Å². The van der Waals surface area contributed by atoms with Gasteiger partial charge in [-0.1, -0.05) is 6.07 Å². The van der Waals surface area contributed by atoms with Gasteiger partial charge in [0.05, 0.1) is 6.61 Å². The molecule has 2 rings (SSSR count). The van der Waals surface area contributed by atoms with Crippen molar-refractivity contribution in [3.8, 4) is 5.75 Å². The Hall–Kier alpha value is -1.71. The van der Waals surface area contributed by atoms with Crippen LogP contribution in [0.5, 0.6) is 5.75 Å². The number of hydrogen-bond acceptors (Lipinski definition) is 3. The fourth-order valence-electron chi connectivity index (χ4n) is 2.08. The van der Waals surface area contributed by atoms with Gasteiger partial charge in [-0.2, -0.15) is 0 Å². The molecular formula is C14H20N2O2. The molecule has 1 aromatic rings. The predicted octanol–water partition coefficient (Wildman–Crippen LogP) is 1.95. The van der Waals surface area contributed by atoms with Gasteiger partial charge in [0.2, 0.25) is 5.91 Å². The summed E-state index contributed by atoms with van der Waals surface area (Å²) in [6.45, 7) is 1.61. The molecular weight excluding hydrogens is 228 g/mol. The summed E-state index contributed by atoms with van der Waals surface area (Å²) < 4.78 is 5.65. The molecule has 1 heterocycles. The molecule has 0 saturated carbocycles. The van der Waals surface area contributed by atoms with Gasteiger partial charge in [-0.3, -0.25) is 4.79 Å². The number of amides is 1. The molecule has 0 aromatic heterocycles. The third kappa shape index (κ3) is 3.39. The van der Waals surface area contributed by atoms with E-state index in [4.69, 9.17) is 4.74 Å². The molecule has 2 N–H and O–H groups in total. The van der Waals surface area contributed by atoms with Gasteiger partial charge >= 0.3 is 0 Å². The Labute approximate surface area is 108 Å². The lowest BCUT2D eigenvalue weighted by molar-refractivity contribution is -0.120. The number of nitrogens with one attached hydrogen (secondary N) is 2. The van der Waals surface area contributed by atoms with Crippen molar-refractivity contribution in [3.05, 3.63) is 23.8 Å². The SMILES string of the molecule is CNC(=O)CCCOc1ccc2c(c1)NCCC2. The van der Waals surface area contributed by atoms with Crippen LogP contribution in [0, 0.1) is 0 Å². The minimum Gasteiger partial charge on any atom is -0.494 e. The zero-order valence-corrected chi connectivity index (χ0v) is 10.8. The Morgan fingerprint density at radius 1 is 1.50 bits per heavy atom. The van der Waals surface area contributed by atoms with Crippen molar-refractivity contribution in [1.29, 1.82) is 0 Å². The van der Waals surface area contributed by atoms with Crippen LogP contribution in [0.4, 0.5) is 5.69 Å². The number of anilines is 1. The molecule has 0 bridgehead atoms. The standard InChI is InChI=1S/C14H20N2O2/c1-15-14(17)5-3-9-18-12-7-6-11-4-2-8-16-13(11)10-12/h6-7,10,16H,2-5,8-9H2,1H3,(H,15,17). The van der Waals surface area contributed by atoms with Crippen molar-refractivity contribution < 1.29 is 9.53 Å². The number of carbonyl (C=O) groups is 1. The molecule has 0 spiro atoms. The summed E-state index contributed by atoms with van der Waals surface area (Å²) in [4.78, 5) is 11.0. The number of aryl methyl sites for hydroxylation is 1. The van der Waals surface area contributed by atoms with Crippen molar-refractivity contribution in [1.82, 2.24) is 5.32 Å². The van der Waals surface area contributed by atoms with E-state index < -0.39 is 0 Å². The Bertz CT molecular complexity index is 418. The number of carbonyl (C=O) groups excluding carboxylic acids is 1. The average molecular weight is 248 g/mol. The molecule has 0 saturated heterocycles. The van der Waals surface area contributed by atoms with Crippen LogP contribution >= 0.6 is 0 Å². The van der Waals surface area contributed by atoms with Gasteiger partial charge in [-0.05, 0) is 30.9 Å². The Morgan fingerprint density at radius 2 is 2.39 bits per heavy atom. The predicted molar refractivity (Wildman–Crippen MR) is 72.0 cm³/mol. The smallest absolute Gasteiger partial charge is 0.219 e.